The first kappa shape index (κ1) is 36.6. The average molecular weight is 708 g/mol. The van der Waals surface area contributed by atoms with Crippen molar-refractivity contribution in [1.29, 1.82) is 0 Å². The summed E-state index contributed by atoms with van der Waals surface area (Å²) in [4.78, 5) is 40.9. The van der Waals surface area contributed by atoms with Crippen LogP contribution in [0, 0.1) is 11.6 Å². The molecule has 52 heavy (non-hydrogen) atoms. The van der Waals surface area contributed by atoms with Crippen LogP contribution in [-0.2, 0) is 16.0 Å². The van der Waals surface area contributed by atoms with Crippen LogP contribution in [0.25, 0.3) is 10.8 Å². The summed E-state index contributed by atoms with van der Waals surface area (Å²) in [7, 11) is 1.57. The van der Waals surface area contributed by atoms with Crippen LogP contribution in [-0.4, -0.2) is 44.9 Å². The minimum atomic E-state index is -0.866. The van der Waals surface area contributed by atoms with Crippen molar-refractivity contribution >= 4 is 34.5 Å². The molecule has 0 saturated carbocycles. The Morgan fingerprint density at radius 3 is 1.94 bits per heavy atom. The van der Waals surface area contributed by atoms with Crippen molar-refractivity contribution in [2.75, 3.05) is 18.2 Å². The van der Waals surface area contributed by atoms with Gasteiger partial charge in [0.05, 0.1) is 38.3 Å². The molecule has 4 N–H and O–H groups in total. The van der Waals surface area contributed by atoms with Crippen LogP contribution in [0.3, 0.4) is 0 Å². The van der Waals surface area contributed by atoms with Gasteiger partial charge in [0.25, 0.3) is 0 Å². The van der Waals surface area contributed by atoms with E-state index in [1.165, 1.54) is 17.8 Å². The van der Waals surface area contributed by atoms with E-state index in [4.69, 9.17) is 19.9 Å². The summed E-state index contributed by atoms with van der Waals surface area (Å²) in [5, 5.41) is 7.45. The molecule has 0 aliphatic heterocycles. The monoisotopic (exact) mass is 707 g/mol. The van der Waals surface area contributed by atoms with E-state index in [-0.39, 0.29) is 23.9 Å². The van der Waals surface area contributed by atoms with E-state index in [1.54, 1.807) is 43.8 Å². The number of hydrogen-bond donors (Lipinski definition) is 3. The highest BCUT2D eigenvalue weighted by molar-refractivity contribution is 5.96. The van der Waals surface area contributed by atoms with Gasteiger partial charge in [-0.15, -0.1) is 0 Å². The Hall–Kier alpha value is -6.70. The summed E-state index contributed by atoms with van der Waals surface area (Å²) in [6, 6.07) is 23.0. The maximum absolute atomic E-state index is 13.3. The standard InChI is InChI=1S/C24H24F2N4O4.C14H11N3O/c1-3-4-21(29-22(31)11-15-9-16(25)12-17(26)10-15)23(32)30-24-27-13-20(14-28-24)34-19-7-5-18(33-2)6-8-19;15-14-16-8-13(9-17-14)18-12-6-5-10-3-1-2-4-11(10)7-12/h5-10,12-14,21H,3-4,11H2,1-2H3,(H,29,31)(H,27,28,30,32);1-9H,(H2,15,16,17). The number of nitrogens with zero attached hydrogens (tertiary/aromatic N) is 4. The lowest BCUT2D eigenvalue weighted by Gasteiger charge is -2.17. The van der Waals surface area contributed by atoms with E-state index in [0.29, 0.717) is 35.8 Å². The Morgan fingerprint density at radius 1 is 0.731 bits per heavy atom. The van der Waals surface area contributed by atoms with Crippen LogP contribution in [0.2, 0.25) is 0 Å². The third-order valence-electron chi connectivity index (χ3n) is 7.28. The SMILES string of the molecule is CCCC(NC(=O)Cc1cc(F)cc(F)c1)C(=O)Nc1ncc(Oc2ccc(OC)cc2)cn1.Nc1ncc(Oc2ccc3ccccc3c2)cn1. The van der Waals surface area contributed by atoms with Crippen molar-refractivity contribution in [1.82, 2.24) is 25.3 Å². The molecule has 0 spiro atoms. The minimum absolute atomic E-state index is 0.0367. The second kappa shape index (κ2) is 17.8. The summed E-state index contributed by atoms with van der Waals surface area (Å²) < 4.78 is 43.1. The van der Waals surface area contributed by atoms with Gasteiger partial charge in [0.15, 0.2) is 11.5 Å². The molecule has 2 heterocycles. The fourth-order valence-corrected chi connectivity index (χ4v) is 4.86. The fourth-order valence-electron chi connectivity index (χ4n) is 4.86. The average Bonchev–Trinajstić information content (AvgIpc) is 3.13. The number of nitrogens with two attached hydrogens (primary N) is 1. The maximum atomic E-state index is 13.3. The molecule has 0 radical (unpaired) electrons. The van der Waals surface area contributed by atoms with Crippen molar-refractivity contribution < 1.29 is 32.6 Å². The van der Waals surface area contributed by atoms with Crippen molar-refractivity contribution in [2.24, 2.45) is 0 Å². The molecule has 0 bridgehead atoms. The number of carbonyl (C=O) groups excluding carboxylic acids is 2. The molecule has 2 aromatic heterocycles. The zero-order valence-electron chi connectivity index (χ0n) is 28.3. The molecule has 1 atom stereocenters. The van der Waals surface area contributed by atoms with Crippen LogP contribution in [0.1, 0.15) is 25.3 Å². The molecule has 1 unspecified atom stereocenters. The fraction of sp³-hybridized carbons (Fsp3) is 0.158. The number of amides is 2. The molecule has 6 aromatic rings. The van der Waals surface area contributed by atoms with E-state index in [1.807, 2.05) is 43.3 Å². The zero-order chi connectivity index (χ0) is 36.9. The molecule has 0 aliphatic rings. The number of halogens is 2. The van der Waals surface area contributed by atoms with E-state index < -0.39 is 29.5 Å². The molecule has 266 valence electrons. The first-order valence-electron chi connectivity index (χ1n) is 16.1. The first-order chi connectivity index (χ1) is 25.2. The zero-order valence-corrected chi connectivity index (χ0v) is 28.3. The maximum Gasteiger partial charge on any atom is 0.249 e. The number of anilines is 2. The summed E-state index contributed by atoms with van der Waals surface area (Å²) >= 11 is 0. The van der Waals surface area contributed by atoms with Gasteiger partial charge in [-0.3, -0.25) is 14.9 Å². The predicted molar refractivity (Wildman–Crippen MR) is 191 cm³/mol. The second-order valence-corrected chi connectivity index (χ2v) is 11.3. The predicted octanol–water partition coefficient (Wildman–Crippen LogP) is 7.03. The molecule has 4 aromatic carbocycles. The molecule has 0 aliphatic carbocycles. The number of carbonyl (C=O) groups is 2. The van der Waals surface area contributed by atoms with Gasteiger partial charge in [-0.1, -0.05) is 43.7 Å². The number of nitrogen functional groups attached to an aromatic ring is 1. The summed E-state index contributed by atoms with van der Waals surface area (Å²) in [6.45, 7) is 1.86. The molecule has 12 nitrogen and oxygen atoms in total. The quantitative estimate of drug-likeness (QED) is 0.120. The highest BCUT2D eigenvalue weighted by Gasteiger charge is 2.21. The van der Waals surface area contributed by atoms with Crippen LogP contribution in [0.15, 0.2) is 110 Å². The van der Waals surface area contributed by atoms with Gasteiger partial charge < -0.3 is 25.3 Å². The topological polar surface area (TPSA) is 163 Å². The second-order valence-electron chi connectivity index (χ2n) is 11.3. The van der Waals surface area contributed by atoms with Crippen molar-refractivity contribution in [3.05, 3.63) is 127 Å². The number of methoxy groups -OCH3 is 1. The highest BCUT2D eigenvalue weighted by atomic mass is 19.1. The summed E-state index contributed by atoms with van der Waals surface area (Å²) in [6.07, 6.45) is 6.61. The van der Waals surface area contributed by atoms with Gasteiger partial charge in [0.1, 0.15) is 34.9 Å². The number of nitrogens with one attached hydrogen (secondary N) is 2. The van der Waals surface area contributed by atoms with Gasteiger partial charge in [-0.05, 0) is 71.3 Å². The lowest BCUT2D eigenvalue weighted by Crippen LogP contribution is -2.44. The van der Waals surface area contributed by atoms with E-state index in [0.717, 1.165) is 29.3 Å². The van der Waals surface area contributed by atoms with Crippen molar-refractivity contribution in [3.8, 4) is 28.7 Å². The normalized spacial score (nSPS) is 11.1. The lowest BCUT2D eigenvalue weighted by atomic mass is 10.1. The third-order valence-corrected chi connectivity index (χ3v) is 7.28. The van der Waals surface area contributed by atoms with Crippen LogP contribution in [0.4, 0.5) is 20.7 Å². The molecule has 0 saturated heterocycles. The van der Waals surface area contributed by atoms with Crippen molar-refractivity contribution in [3.63, 3.8) is 0 Å². The van der Waals surface area contributed by atoms with Crippen LogP contribution < -0.4 is 30.6 Å². The Morgan fingerprint density at radius 2 is 1.31 bits per heavy atom. The minimum Gasteiger partial charge on any atom is -0.497 e. The van der Waals surface area contributed by atoms with Crippen LogP contribution >= 0.6 is 0 Å². The van der Waals surface area contributed by atoms with Gasteiger partial charge in [-0.25, -0.2) is 28.7 Å². The third kappa shape index (κ3) is 10.9. The van der Waals surface area contributed by atoms with Crippen molar-refractivity contribution in [2.45, 2.75) is 32.2 Å². The largest absolute Gasteiger partial charge is 0.497 e. The molecular weight excluding hydrogens is 672 g/mol. The first-order valence-corrected chi connectivity index (χ1v) is 16.1. The number of ether oxygens (including phenoxy) is 3. The van der Waals surface area contributed by atoms with E-state index in [9.17, 15) is 18.4 Å². The molecule has 0 fully saturated rings. The van der Waals surface area contributed by atoms with E-state index >= 15 is 0 Å². The summed E-state index contributed by atoms with van der Waals surface area (Å²) in [5.74, 6) is 0.612. The number of hydrogen-bond acceptors (Lipinski definition) is 10. The van der Waals surface area contributed by atoms with Gasteiger partial charge in [0.2, 0.25) is 23.7 Å². The lowest BCUT2D eigenvalue weighted by molar-refractivity contribution is -0.126. The Labute approximate surface area is 298 Å². The molecule has 6 rings (SSSR count). The van der Waals surface area contributed by atoms with Gasteiger partial charge in [0, 0.05) is 6.07 Å². The Kier molecular flexibility index (Phi) is 12.5. The Bertz CT molecular complexity index is 2080. The summed E-state index contributed by atoms with van der Waals surface area (Å²) in [5.41, 5.74) is 5.58. The molecular formula is C38H35F2N7O5. The smallest absolute Gasteiger partial charge is 0.249 e. The number of benzene rings is 4. The molecule has 14 heteroatoms. The Balaban J connectivity index is 0.000000242. The number of fused-ring (bicyclic) bond motifs is 1. The highest BCUT2D eigenvalue weighted by Crippen LogP contribution is 2.25. The number of aromatic nitrogens is 4. The van der Waals surface area contributed by atoms with E-state index in [2.05, 4.69) is 36.6 Å². The van der Waals surface area contributed by atoms with Gasteiger partial charge in [-0.2, -0.15) is 0 Å². The number of rotatable bonds is 12. The van der Waals surface area contributed by atoms with Gasteiger partial charge >= 0.3 is 0 Å². The van der Waals surface area contributed by atoms with Crippen LogP contribution in [0.5, 0.6) is 28.7 Å². The molecule has 2 amide bonds.